The van der Waals surface area contributed by atoms with Gasteiger partial charge in [0.25, 0.3) is 0 Å². The molecule has 5 nitrogen and oxygen atoms in total. The molecule has 0 aromatic rings. The van der Waals surface area contributed by atoms with E-state index in [0.717, 1.165) is 0 Å². The topological polar surface area (TPSA) is 79.2 Å². The molecule has 5 atom stereocenters. The standard InChI is InChI=1S/C8H14O5/c1-3-4-5(9)6(10)7(11)8(12-2)13-4/h3-11H,1H2,2H3. The number of methoxy groups -OCH3 is 1. The first-order valence-electron chi connectivity index (χ1n) is 3.96. The second kappa shape index (κ2) is 4.17. The Hall–Kier alpha value is -0.460. The Kier molecular flexibility index (Phi) is 3.40. The maximum Gasteiger partial charge on any atom is 0.186 e. The van der Waals surface area contributed by atoms with Crippen LogP contribution in [0.5, 0.6) is 0 Å². The highest BCUT2D eigenvalue weighted by molar-refractivity contribution is 4.96. The van der Waals surface area contributed by atoms with Gasteiger partial charge in [-0.25, -0.2) is 0 Å². The van der Waals surface area contributed by atoms with Gasteiger partial charge in [0, 0.05) is 7.11 Å². The summed E-state index contributed by atoms with van der Waals surface area (Å²) in [5.74, 6) is 0. The molecule has 1 heterocycles. The predicted molar refractivity (Wildman–Crippen MR) is 43.9 cm³/mol. The molecule has 0 spiro atoms. The molecule has 0 aromatic heterocycles. The Bertz CT molecular complexity index is 181. The van der Waals surface area contributed by atoms with E-state index < -0.39 is 30.7 Å². The van der Waals surface area contributed by atoms with E-state index in [4.69, 9.17) is 9.47 Å². The van der Waals surface area contributed by atoms with Crippen LogP contribution >= 0.6 is 0 Å². The summed E-state index contributed by atoms with van der Waals surface area (Å²) >= 11 is 0. The van der Waals surface area contributed by atoms with Crippen LogP contribution in [0, 0.1) is 0 Å². The van der Waals surface area contributed by atoms with Crippen LogP contribution in [-0.2, 0) is 9.47 Å². The summed E-state index contributed by atoms with van der Waals surface area (Å²) in [6.45, 7) is 3.43. The van der Waals surface area contributed by atoms with Crippen LogP contribution < -0.4 is 0 Å². The lowest BCUT2D eigenvalue weighted by atomic mass is 9.99. The Morgan fingerprint density at radius 3 is 2.31 bits per heavy atom. The second-order valence-electron chi connectivity index (χ2n) is 2.91. The summed E-state index contributed by atoms with van der Waals surface area (Å²) in [6, 6.07) is 0. The molecule has 5 heteroatoms. The molecule has 0 amide bonds. The van der Waals surface area contributed by atoms with Crippen molar-refractivity contribution in [3.8, 4) is 0 Å². The summed E-state index contributed by atoms with van der Waals surface area (Å²) in [6.07, 6.45) is -3.98. The SMILES string of the molecule is C=CC1OC(OC)C(O)C(O)C1O. The number of hydrogen-bond acceptors (Lipinski definition) is 5. The maximum atomic E-state index is 9.36. The Labute approximate surface area is 76.2 Å². The molecule has 0 radical (unpaired) electrons. The number of rotatable bonds is 2. The smallest absolute Gasteiger partial charge is 0.186 e. The predicted octanol–water partition coefficient (Wildman–Crippen LogP) is -1.37. The van der Waals surface area contributed by atoms with Crippen molar-refractivity contribution >= 4 is 0 Å². The summed E-state index contributed by atoms with van der Waals surface area (Å²) in [5.41, 5.74) is 0. The molecule has 13 heavy (non-hydrogen) atoms. The molecule has 1 rings (SSSR count). The Morgan fingerprint density at radius 2 is 1.85 bits per heavy atom. The van der Waals surface area contributed by atoms with Crippen molar-refractivity contribution in [3.63, 3.8) is 0 Å². The van der Waals surface area contributed by atoms with Gasteiger partial charge < -0.3 is 24.8 Å². The zero-order valence-electron chi connectivity index (χ0n) is 7.33. The maximum absolute atomic E-state index is 9.36. The zero-order chi connectivity index (χ0) is 10.0. The minimum absolute atomic E-state index is 0.719. The molecule has 3 N–H and O–H groups in total. The van der Waals surface area contributed by atoms with E-state index in [-0.39, 0.29) is 0 Å². The van der Waals surface area contributed by atoms with E-state index in [0.29, 0.717) is 0 Å². The van der Waals surface area contributed by atoms with Crippen molar-refractivity contribution in [3.05, 3.63) is 12.7 Å². The molecule has 1 fully saturated rings. The number of ether oxygens (including phenoxy) is 2. The van der Waals surface area contributed by atoms with E-state index in [9.17, 15) is 15.3 Å². The lowest BCUT2D eigenvalue weighted by molar-refractivity contribution is -0.279. The van der Waals surface area contributed by atoms with E-state index in [1.807, 2.05) is 0 Å². The fourth-order valence-corrected chi connectivity index (χ4v) is 1.26. The van der Waals surface area contributed by atoms with Gasteiger partial charge in [0.2, 0.25) is 0 Å². The van der Waals surface area contributed by atoms with Crippen LogP contribution in [0.2, 0.25) is 0 Å². The minimum atomic E-state index is -1.28. The van der Waals surface area contributed by atoms with Crippen LogP contribution in [0.25, 0.3) is 0 Å². The van der Waals surface area contributed by atoms with Gasteiger partial charge in [-0.15, -0.1) is 6.58 Å². The normalized spacial score (nSPS) is 46.0. The van der Waals surface area contributed by atoms with E-state index in [2.05, 4.69) is 6.58 Å². The molecule has 1 saturated heterocycles. The summed E-state index contributed by atoms with van der Waals surface area (Å²) < 4.78 is 9.84. The van der Waals surface area contributed by atoms with Crippen molar-refractivity contribution < 1.29 is 24.8 Å². The van der Waals surface area contributed by atoms with Crippen molar-refractivity contribution in [2.75, 3.05) is 7.11 Å². The highest BCUT2D eigenvalue weighted by Crippen LogP contribution is 2.21. The van der Waals surface area contributed by atoms with Gasteiger partial charge in [-0.05, 0) is 0 Å². The second-order valence-corrected chi connectivity index (χ2v) is 2.91. The average molecular weight is 190 g/mol. The third kappa shape index (κ3) is 1.90. The fourth-order valence-electron chi connectivity index (χ4n) is 1.26. The number of aliphatic hydroxyl groups is 3. The largest absolute Gasteiger partial charge is 0.387 e. The molecule has 0 aromatic carbocycles. The fraction of sp³-hybridized carbons (Fsp3) is 0.750. The molecule has 1 aliphatic rings. The molecule has 5 unspecified atom stereocenters. The number of hydrogen-bond donors (Lipinski definition) is 3. The molecule has 0 aliphatic carbocycles. The molecular weight excluding hydrogens is 176 g/mol. The summed E-state index contributed by atoms with van der Waals surface area (Å²) in [5, 5.41) is 28.0. The van der Waals surface area contributed by atoms with Crippen LogP contribution in [0.3, 0.4) is 0 Å². The van der Waals surface area contributed by atoms with Crippen LogP contribution in [0.15, 0.2) is 12.7 Å². The van der Waals surface area contributed by atoms with Crippen molar-refractivity contribution in [1.82, 2.24) is 0 Å². The van der Waals surface area contributed by atoms with Gasteiger partial charge in [0.1, 0.15) is 24.4 Å². The van der Waals surface area contributed by atoms with Crippen LogP contribution in [0.1, 0.15) is 0 Å². The third-order valence-electron chi connectivity index (χ3n) is 2.07. The lowest BCUT2D eigenvalue weighted by Crippen LogP contribution is -2.57. The van der Waals surface area contributed by atoms with Gasteiger partial charge in [0.05, 0.1) is 0 Å². The van der Waals surface area contributed by atoms with E-state index in [1.54, 1.807) is 0 Å². The van der Waals surface area contributed by atoms with Gasteiger partial charge in [-0.2, -0.15) is 0 Å². The van der Waals surface area contributed by atoms with Crippen LogP contribution in [0.4, 0.5) is 0 Å². The first-order valence-corrected chi connectivity index (χ1v) is 3.96. The number of aliphatic hydroxyl groups excluding tert-OH is 3. The summed E-state index contributed by atoms with van der Waals surface area (Å²) in [7, 11) is 1.35. The summed E-state index contributed by atoms with van der Waals surface area (Å²) in [4.78, 5) is 0. The van der Waals surface area contributed by atoms with Gasteiger partial charge >= 0.3 is 0 Å². The zero-order valence-corrected chi connectivity index (χ0v) is 7.33. The van der Waals surface area contributed by atoms with Gasteiger partial charge in [-0.3, -0.25) is 0 Å². The molecular formula is C8H14O5. The van der Waals surface area contributed by atoms with Gasteiger partial charge in [0.15, 0.2) is 6.29 Å². The molecule has 0 saturated carbocycles. The Morgan fingerprint density at radius 1 is 1.23 bits per heavy atom. The third-order valence-corrected chi connectivity index (χ3v) is 2.07. The highest BCUT2D eigenvalue weighted by atomic mass is 16.7. The molecule has 1 aliphatic heterocycles. The quantitative estimate of drug-likeness (QED) is 0.468. The first-order chi connectivity index (χ1) is 6.11. The van der Waals surface area contributed by atoms with Gasteiger partial charge in [-0.1, -0.05) is 6.08 Å². The minimum Gasteiger partial charge on any atom is -0.387 e. The van der Waals surface area contributed by atoms with Crippen molar-refractivity contribution in [1.29, 1.82) is 0 Å². The lowest BCUT2D eigenvalue weighted by Gasteiger charge is -2.38. The average Bonchev–Trinajstić information content (AvgIpc) is 2.15. The van der Waals surface area contributed by atoms with E-state index in [1.165, 1.54) is 13.2 Å². The van der Waals surface area contributed by atoms with Crippen molar-refractivity contribution in [2.45, 2.75) is 30.7 Å². The monoisotopic (exact) mass is 190 g/mol. The van der Waals surface area contributed by atoms with E-state index >= 15 is 0 Å². The van der Waals surface area contributed by atoms with Crippen molar-refractivity contribution in [2.24, 2.45) is 0 Å². The Balaban J connectivity index is 2.71. The van der Waals surface area contributed by atoms with Crippen LogP contribution in [-0.4, -0.2) is 53.1 Å². The molecule has 0 bridgehead atoms. The first kappa shape index (κ1) is 10.6. The highest BCUT2D eigenvalue weighted by Gasteiger charge is 2.42. The molecule has 76 valence electrons.